The van der Waals surface area contributed by atoms with Crippen molar-refractivity contribution in [2.45, 2.75) is 26.2 Å². The molecule has 2 heterocycles. The minimum absolute atomic E-state index is 0.0986. The van der Waals surface area contributed by atoms with Gasteiger partial charge >= 0.3 is 0 Å². The van der Waals surface area contributed by atoms with Gasteiger partial charge in [-0.2, -0.15) is 0 Å². The maximum Gasteiger partial charge on any atom is 0.149 e. The predicted molar refractivity (Wildman–Crippen MR) is 173 cm³/mol. The number of nitrogens with zero attached hydrogens (tertiary/aromatic N) is 3. The summed E-state index contributed by atoms with van der Waals surface area (Å²) in [5.74, 6) is 0.903. The molecule has 4 heteroatoms. The number of imidazole rings is 1. The van der Waals surface area contributed by atoms with Crippen molar-refractivity contribution in [3.05, 3.63) is 133 Å². The van der Waals surface area contributed by atoms with Crippen LogP contribution in [0.25, 0.3) is 61.3 Å². The second kappa shape index (κ2) is 10.0. The quantitative estimate of drug-likeness (QED) is 0.240. The lowest BCUT2D eigenvalue weighted by Gasteiger charge is -2.21. The molecule has 0 unspecified atom stereocenters. The van der Waals surface area contributed by atoms with Crippen LogP contribution in [0.5, 0.6) is 5.75 Å². The number of rotatable bonds is 4. The zero-order chi connectivity index (χ0) is 28.8. The third-order valence-electron chi connectivity index (χ3n) is 7.91. The molecule has 1 N–H and O–H groups in total. The molecule has 0 atom stereocenters. The number of phenolic OH excluding ortho intramolecular Hbond substituents is 1. The second-order valence-electron chi connectivity index (χ2n) is 11.7. The van der Waals surface area contributed by atoms with Crippen LogP contribution in [0.1, 0.15) is 26.3 Å². The average molecular weight is 546 g/mol. The summed E-state index contributed by atoms with van der Waals surface area (Å²) in [6, 6.07) is 41.2. The zero-order valence-corrected chi connectivity index (χ0v) is 23.9. The fraction of sp³-hybridized carbons (Fsp3) is 0.105. The summed E-state index contributed by atoms with van der Waals surface area (Å²) in [6.07, 6.45) is 1.88. The summed E-state index contributed by atoms with van der Waals surface area (Å²) in [7, 11) is 0. The number of para-hydroxylation sites is 2. The Hall–Kier alpha value is -5.22. The molecule has 0 radical (unpaired) electrons. The van der Waals surface area contributed by atoms with E-state index in [1.54, 1.807) is 6.07 Å². The van der Waals surface area contributed by atoms with Gasteiger partial charge in [0.1, 0.15) is 11.6 Å². The fourth-order valence-electron chi connectivity index (χ4n) is 5.70. The van der Waals surface area contributed by atoms with E-state index in [9.17, 15) is 5.11 Å². The Morgan fingerprint density at radius 3 is 2.21 bits per heavy atom. The molecule has 7 rings (SSSR count). The van der Waals surface area contributed by atoms with Crippen LogP contribution in [-0.2, 0) is 5.41 Å². The number of hydrogen-bond acceptors (Lipinski definition) is 3. The molecule has 42 heavy (non-hydrogen) atoms. The van der Waals surface area contributed by atoms with Gasteiger partial charge in [-0.1, -0.05) is 93.6 Å². The highest BCUT2D eigenvalue weighted by atomic mass is 16.3. The van der Waals surface area contributed by atoms with Crippen LogP contribution in [0.2, 0.25) is 0 Å². The van der Waals surface area contributed by atoms with E-state index in [1.165, 1.54) is 10.9 Å². The number of fused-ring (bicyclic) bond motifs is 2. The summed E-state index contributed by atoms with van der Waals surface area (Å²) >= 11 is 0. The van der Waals surface area contributed by atoms with Crippen molar-refractivity contribution in [3.63, 3.8) is 0 Å². The van der Waals surface area contributed by atoms with E-state index in [1.807, 2.05) is 42.6 Å². The molecule has 0 aliphatic heterocycles. The van der Waals surface area contributed by atoms with Crippen molar-refractivity contribution in [3.8, 4) is 45.2 Å². The molecule has 0 aliphatic carbocycles. The van der Waals surface area contributed by atoms with Crippen molar-refractivity contribution in [2.75, 3.05) is 0 Å². The lowest BCUT2D eigenvalue weighted by molar-refractivity contribution is 0.477. The van der Waals surface area contributed by atoms with Gasteiger partial charge in [0.25, 0.3) is 0 Å². The third kappa shape index (κ3) is 4.42. The van der Waals surface area contributed by atoms with Gasteiger partial charge in [-0.3, -0.25) is 9.55 Å². The van der Waals surface area contributed by atoms with Gasteiger partial charge in [0, 0.05) is 28.4 Å². The van der Waals surface area contributed by atoms with E-state index in [-0.39, 0.29) is 11.2 Å². The Balaban J connectivity index is 1.54. The molecule has 2 aromatic heterocycles. The number of hydrogen-bond donors (Lipinski definition) is 1. The van der Waals surface area contributed by atoms with Crippen molar-refractivity contribution in [2.24, 2.45) is 0 Å². The highest BCUT2D eigenvalue weighted by molar-refractivity contribution is 5.99. The summed E-state index contributed by atoms with van der Waals surface area (Å²) in [4.78, 5) is 10.1. The lowest BCUT2D eigenvalue weighted by Crippen LogP contribution is -2.11. The van der Waals surface area contributed by atoms with E-state index in [4.69, 9.17) is 9.97 Å². The number of pyridine rings is 1. The molecular formula is C38H31N3O. The van der Waals surface area contributed by atoms with Gasteiger partial charge in [0.2, 0.25) is 0 Å². The molecule has 7 aromatic rings. The van der Waals surface area contributed by atoms with Gasteiger partial charge in [-0.25, -0.2) is 4.98 Å². The minimum Gasteiger partial charge on any atom is -0.507 e. The predicted octanol–water partition coefficient (Wildman–Crippen LogP) is 9.58. The number of benzene rings is 5. The molecule has 0 spiro atoms. The summed E-state index contributed by atoms with van der Waals surface area (Å²) in [5.41, 5.74) is 8.80. The Morgan fingerprint density at radius 2 is 1.40 bits per heavy atom. The van der Waals surface area contributed by atoms with Crippen molar-refractivity contribution in [1.29, 1.82) is 0 Å². The number of phenols is 1. The standard InChI is InChI=1S/C38H31N3O/c1-38(2,3)28-23-32(26-13-11-14-27(22-26)35-30-17-8-7-12-25(30)20-21-39-35)36-33(24-28)41(29-15-5-4-6-16-29)37(40-36)31-18-9-10-19-34(31)42/h4-24,42H,1-3H3. The molecule has 0 bridgehead atoms. The summed E-state index contributed by atoms with van der Waals surface area (Å²) in [6.45, 7) is 6.71. The first-order valence-corrected chi connectivity index (χ1v) is 14.2. The second-order valence-corrected chi connectivity index (χ2v) is 11.7. The maximum atomic E-state index is 10.9. The normalized spacial score (nSPS) is 11.8. The monoisotopic (exact) mass is 545 g/mol. The molecule has 0 aliphatic rings. The largest absolute Gasteiger partial charge is 0.507 e. The van der Waals surface area contributed by atoms with E-state index in [0.717, 1.165) is 44.5 Å². The first kappa shape index (κ1) is 25.7. The molecular weight excluding hydrogens is 514 g/mol. The summed E-state index contributed by atoms with van der Waals surface area (Å²) in [5, 5.41) is 13.2. The van der Waals surface area contributed by atoms with E-state index in [0.29, 0.717) is 11.4 Å². The van der Waals surface area contributed by atoms with Crippen LogP contribution >= 0.6 is 0 Å². The Kier molecular flexibility index (Phi) is 6.13. The van der Waals surface area contributed by atoms with Crippen LogP contribution in [-0.4, -0.2) is 19.6 Å². The van der Waals surface area contributed by atoms with E-state index >= 15 is 0 Å². The molecule has 5 aromatic carbocycles. The third-order valence-corrected chi connectivity index (χ3v) is 7.91. The maximum absolute atomic E-state index is 10.9. The Labute approximate surface area is 245 Å². The zero-order valence-electron chi connectivity index (χ0n) is 23.9. The van der Waals surface area contributed by atoms with Crippen LogP contribution in [0, 0.1) is 0 Å². The first-order chi connectivity index (χ1) is 20.4. The van der Waals surface area contributed by atoms with Crippen molar-refractivity contribution in [1.82, 2.24) is 14.5 Å². The van der Waals surface area contributed by atoms with Crippen LogP contribution in [0.4, 0.5) is 0 Å². The van der Waals surface area contributed by atoms with E-state index < -0.39 is 0 Å². The van der Waals surface area contributed by atoms with Crippen molar-refractivity contribution >= 4 is 21.8 Å². The van der Waals surface area contributed by atoms with Gasteiger partial charge < -0.3 is 5.11 Å². The topological polar surface area (TPSA) is 50.9 Å². The van der Waals surface area contributed by atoms with E-state index in [2.05, 4.69) is 104 Å². The highest BCUT2D eigenvalue weighted by Gasteiger charge is 2.24. The Bertz CT molecular complexity index is 2080. The van der Waals surface area contributed by atoms with Gasteiger partial charge in [-0.15, -0.1) is 0 Å². The molecule has 0 fully saturated rings. The smallest absolute Gasteiger partial charge is 0.149 e. The molecule has 204 valence electrons. The van der Waals surface area contributed by atoms with Gasteiger partial charge in [0.05, 0.1) is 22.3 Å². The van der Waals surface area contributed by atoms with Gasteiger partial charge in [0.15, 0.2) is 0 Å². The molecule has 0 saturated heterocycles. The fourth-order valence-corrected chi connectivity index (χ4v) is 5.70. The summed E-state index contributed by atoms with van der Waals surface area (Å²) < 4.78 is 2.17. The number of aromatic nitrogens is 3. The van der Waals surface area contributed by atoms with Gasteiger partial charge in [-0.05, 0) is 70.5 Å². The highest BCUT2D eigenvalue weighted by Crippen LogP contribution is 2.40. The number of aromatic hydroxyl groups is 1. The lowest BCUT2D eigenvalue weighted by atomic mass is 9.84. The van der Waals surface area contributed by atoms with Crippen LogP contribution in [0.3, 0.4) is 0 Å². The van der Waals surface area contributed by atoms with Crippen LogP contribution < -0.4 is 0 Å². The molecule has 0 amide bonds. The molecule has 4 nitrogen and oxygen atoms in total. The Morgan fingerprint density at radius 1 is 0.667 bits per heavy atom. The first-order valence-electron chi connectivity index (χ1n) is 14.2. The van der Waals surface area contributed by atoms with Crippen molar-refractivity contribution < 1.29 is 5.11 Å². The SMILES string of the molecule is CC(C)(C)c1cc(-c2cccc(-c3nccc4ccccc34)c2)c2nc(-c3ccccc3O)n(-c3ccccc3)c2c1. The molecule has 0 saturated carbocycles. The van der Waals surface area contributed by atoms with Crippen LogP contribution in [0.15, 0.2) is 128 Å². The average Bonchev–Trinajstić information content (AvgIpc) is 3.40. The minimum atomic E-state index is -0.0986.